The molecule has 0 saturated carbocycles. The molecule has 17 heteroatoms. The first-order chi connectivity index (χ1) is 28.5. The standard InChI is InChI=1S/C43H47Cl2F6N3O6/c44-35-6-5-30(25-36(35)45)41(27-54(17-19-60-41)39(57)29-21-31(42(46,47)48)24-32(22-29)43(49,50)51)11-16-52-14-9-40(10-15-52)34-4-2-1-3-28(34)23-37(40)59-26-38(56)53-12-7-33(8-13-53)58-20-18-55/h1-6,21-22,24-25,33,37,55H,7-20,23,26-27H2/t37-,41+/m0/s1. The molecular weight excluding hydrogens is 839 g/mol. The number of hydrogen-bond donors (Lipinski definition) is 1. The minimum Gasteiger partial charge on any atom is -0.394 e. The van der Waals surface area contributed by atoms with Gasteiger partial charge in [0.1, 0.15) is 12.2 Å². The Labute approximate surface area is 354 Å². The number of ether oxygens (including phenoxy) is 3. The van der Waals surface area contributed by atoms with E-state index < -0.39 is 40.6 Å². The Morgan fingerprint density at radius 1 is 0.833 bits per heavy atom. The van der Waals surface area contributed by atoms with Gasteiger partial charge in [0, 0.05) is 37.2 Å². The van der Waals surface area contributed by atoms with Gasteiger partial charge in [-0.15, -0.1) is 0 Å². The number of halogens is 8. The molecule has 7 rings (SSSR count). The number of likely N-dealkylation sites (tertiary alicyclic amines) is 2. The molecule has 3 aromatic rings. The van der Waals surface area contributed by atoms with Crippen LogP contribution in [0.1, 0.15) is 70.3 Å². The van der Waals surface area contributed by atoms with Gasteiger partial charge in [0.05, 0.1) is 59.7 Å². The lowest BCUT2D eigenvalue weighted by Gasteiger charge is -2.46. The maximum Gasteiger partial charge on any atom is 0.416 e. The highest BCUT2D eigenvalue weighted by molar-refractivity contribution is 6.42. The number of hydrogen-bond acceptors (Lipinski definition) is 7. The van der Waals surface area contributed by atoms with E-state index in [2.05, 4.69) is 17.0 Å². The van der Waals surface area contributed by atoms with Crippen LogP contribution in [0.2, 0.25) is 10.0 Å². The zero-order valence-electron chi connectivity index (χ0n) is 32.8. The maximum atomic E-state index is 13.8. The summed E-state index contributed by atoms with van der Waals surface area (Å²) in [5, 5.41) is 9.56. The molecule has 3 aromatic carbocycles. The number of rotatable bonds is 11. The summed E-state index contributed by atoms with van der Waals surface area (Å²) in [5.41, 5.74) is -2.46. The Balaban J connectivity index is 1.06. The number of alkyl halides is 6. The monoisotopic (exact) mass is 885 g/mol. The van der Waals surface area contributed by atoms with Crippen LogP contribution in [0, 0.1) is 0 Å². The third-order valence-corrected chi connectivity index (χ3v) is 13.3. The fraction of sp³-hybridized carbons (Fsp3) is 0.535. The summed E-state index contributed by atoms with van der Waals surface area (Å²) >= 11 is 12.7. The summed E-state index contributed by atoms with van der Waals surface area (Å²) in [6, 6.07) is 14.0. The van der Waals surface area contributed by atoms with E-state index in [9.17, 15) is 35.9 Å². The van der Waals surface area contributed by atoms with Crippen molar-refractivity contribution in [3.63, 3.8) is 0 Å². The molecule has 0 radical (unpaired) electrons. The van der Waals surface area contributed by atoms with Gasteiger partial charge in [0.25, 0.3) is 5.91 Å². The van der Waals surface area contributed by atoms with Crippen molar-refractivity contribution in [2.24, 2.45) is 0 Å². The first kappa shape index (κ1) is 44.6. The molecule has 4 aliphatic rings. The number of nitrogens with zero attached hydrogens (tertiary/aromatic N) is 3. The number of piperidine rings is 2. The van der Waals surface area contributed by atoms with E-state index >= 15 is 0 Å². The number of benzene rings is 3. The van der Waals surface area contributed by atoms with Crippen molar-refractivity contribution in [3.05, 3.63) is 104 Å². The highest BCUT2D eigenvalue weighted by Crippen LogP contribution is 2.48. The Kier molecular flexibility index (Phi) is 13.5. The lowest BCUT2D eigenvalue weighted by Crippen LogP contribution is -2.54. The zero-order chi connectivity index (χ0) is 42.9. The van der Waals surface area contributed by atoms with Gasteiger partial charge in [0.15, 0.2) is 0 Å². The summed E-state index contributed by atoms with van der Waals surface area (Å²) in [6.07, 6.45) is -6.57. The van der Waals surface area contributed by atoms with Gasteiger partial charge in [-0.25, -0.2) is 0 Å². The smallest absolute Gasteiger partial charge is 0.394 e. The molecule has 9 nitrogen and oxygen atoms in total. The number of amides is 2. The number of aliphatic hydroxyl groups is 1. The minimum atomic E-state index is -5.11. The van der Waals surface area contributed by atoms with Gasteiger partial charge >= 0.3 is 12.4 Å². The molecule has 0 unspecified atom stereocenters. The average Bonchev–Trinajstić information content (AvgIpc) is 3.53. The van der Waals surface area contributed by atoms with Crippen LogP contribution in [0.15, 0.2) is 60.7 Å². The van der Waals surface area contributed by atoms with Crippen molar-refractivity contribution in [3.8, 4) is 0 Å². The van der Waals surface area contributed by atoms with Crippen LogP contribution < -0.4 is 0 Å². The minimum absolute atomic E-state index is 0.000265. The van der Waals surface area contributed by atoms with Crippen molar-refractivity contribution < 1.29 is 55.2 Å². The normalized spacial score (nSPS) is 22.6. The second kappa shape index (κ2) is 18.1. The largest absolute Gasteiger partial charge is 0.416 e. The second-order valence-corrected chi connectivity index (χ2v) is 16.9. The first-order valence-corrected chi connectivity index (χ1v) is 20.9. The van der Waals surface area contributed by atoms with E-state index in [-0.39, 0.29) is 79.2 Å². The van der Waals surface area contributed by atoms with E-state index in [1.54, 1.807) is 23.1 Å². The number of carbonyl (C=O) groups excluding carboxylic acids is 2. The van der Waals surface area contributed by atoms with E-state index in [4.69, 9.17) is 42.5 Å². The highest BCUT2D eigenvalue weighted by atomic mass is 35.5. The molecule has 1 N–H and O–H groups in total. The van der Waals surface area contributed by atoms with Crippen molar-refractivity contribution in [2.75, 3.05) is 72.2 Å². The first-order valence-electron chi connectivity index (χ1n) is 20.1. The number of morpholine rings is 1. The Hall–Kier alpha value is -3.44. The molecule has 3 fully saturated rings. The molecular formula is C43H47Cl2F6N3O6. The van der Waals surface area contributed by atoms with Gasteiger partial charge in [-0.3, -0.25) is 9.59 Å². The molecule has 1 spiro atoms. The maximum absolute atomic E-state index is 13.8. The third-order valence-electron chi connectivity index (χ3n) is 12.6. The number of fused-ring (bicyclic) bond motifs is 2. The summed E-state index contributed by atoms with van der Waals surface area (Å²) in [6.45, 7) is 2.86. The SMILES string of the molecule is O=C(CO[C@H]1Cc2ccccc2C12CCN(CC[C@]1(c3ccc(Cl)c(Cl)c3)CN(C(=O)c3cc(C(F)(F)F)cc(C(F)(F)F)c3)CCO1)CC2)N1CCC(OCCO)CC1. The van der Waals surface area contributed by atoms with Gasteiger partial charge in [0.2, 0.25) is 5.91 Å². The molecule has 0 aromatic heterocycles. The average molecular weight is 887 g/mol. The molecule has 3 saturated heterocycles. The van der Waals surface area contributed by atoms with Crippen LogP contribution in [-0.2, 0) is 48.8 Å². The highest BCUT2D eigenvalue weighted by Gasteiger charge is 2.50. The lowest BCUT2D eigenvalue weighted by atomic mass is 9.72. The van der Waals surface area contributed by atoms with Crippen molar-refractivity contribution in [2.45, 2.75) is 74.1 Å². The van der Waals surface area contributed by atoms with Gasteiger partial charge in [-0.05, 0) is 98.6 Å². The molecule has 2 amide bonds. The summed E-state index contributed by atoms with van der Waals surface area (Å²) in [7, 11) is 0. The van der Waals surface area contributed by atoms with E-state index in [0.29, 0.717) is 76.1 Å². The predicted molar refractivity (Wildman–Crippen MR) is 211 cm³/mol. The van der Waals surface area contributed by atoms with Crippen molar-refractivity contribution in [1.29, 1.82) is 0 Å². The van der Waals surface area contributed by atoms with Crippen molar-refractivity contribution >= 4 is 35.0 Å². The number of aliphatic hydroxyl groups excluding tert-OH is 1. The van der Waals surface area contributed by atoms with Crippen LogP contribution in [0.3, 0.4) is 0 Å². The van der Waals surface area contributed by atoms with Crippen LogP contribution in [-0.4, -0.2) is 116 Å². The Morgan fingerprint density at radius 2 is 1.52 bits per heavy atom. The van der Waals surface area contributed by atoms with E-state index in [1.807, 2.05) is 12.1 Å². The molecule has 2 atom stereocenters. The lowest BCUT2D eigenvalue weighted by molar-refractivity contribution is -0.144. The topological polar surface area (TPSA) is 91.8 Å². The van der Waals surface area contributed by atoms with Crippen LogP contribution >= 0.6 is 23.2 Å². The van der Waals surface area contributed by atoms with Crippen molar-refractivity contribution in [1.82, 2.24) is 14.7 Å². The second-order valence-electron chi connectivity index (χ2n) is 16.1. The van der Waals surface area contributed by atoms with Gasteiger partial charge in [-0.2, -0.15) is 26.3 Å². The fourth-order valence-corrected chi connectivity index (χ4v) is 9.60. The fourth-order valence-electron chi connectivity index (χ4n) is 9.30. The molecule has 3 aliphatic heterocycles. The van der Waals surface area contributed by atoms with Crippen LogP contribution in [0.25, 0.3) is 0 Å². The molecule has 3 heterocycles. The van der Waals surface area contributed by atoms with Crippen LogP contribution in [0.4, 0.5) is 26.3 Å². The van der Waals surface area contributed by atoms with E-state index in [0.717, 1.165) is 12.8 Å². The molecule has 1 aliphatic carbocycles. The quantitative estimate of drug-likeness (QED) is 0.197. The van der Waals surface area contributed by atoms with Gasteiger partial charge < -0.3 is 34.0 Å². The molecule has 0 bridgehead atoms. The Bertz CT molecular complexity index is 1990. The summed E-state index contributed by atoms with van der Waals surface area (Å²) in [4.78, 5) is 32.5. The summed E-state index contributed by atoms with van der Waals surface area (Å²) < 4.78 is 101. The Morgan fingerprint density at radius 3 is 2.17 bits per heavy atom. The molecule has 60 heavy (non-hydrogen) atoms. The number of carbonyl (C=O) groups is 2. The third kappa shape index (κ3) is 9.62. The zero-order valence-corrected chi connectivity index (χ0v) is 34.3. The molecule has 326 valence electrons. The van der Waals surface area contributed by atoms with Gasteiger partial charge in [-0.1, -0.05) is 53.5 Å². The predicted octanol–water partition coefficient (Wildman–Crippen LogP) is 7.76. The van der Waals surface area contributed by atoms with E-state index in [1.165, 1.54) is 16.0 Å². The van der Waals surface area contributed by atoms with Crippen LogP contribution in [0.5, 0.6) is 0 Å². The summed E-state index contributed by atoms with van der Waals surface area (Å²) in [5.74, 6) is -1.05.